The molecule has 1 aliphatic heterocycles. The third-order valence-corrected chi connectivity index (χ3v) is 3.13. The van der Waals surface area contributed by atoms with Crippen molar-refractivity contribution >= 4 is 5.91 Å². The molecular weight excluding hydrogens is 228 g/mol. The van der Waals surface area contributed by atoms with Gasteiger partial charge in [0.1, 0.15) is 5.75 Å². The number of carbonyl (C=O) groups is 1. The molecule has 0 radical (unpaired) electrons. The lowest BCUT2D eigenvalue weighted by atomic mass is 10.0. The number of rotatable bonds is 2. The van der Waals surface area contributed by atoms with Gasteiger partial charge in [-0.05, 0) is 38.0 Å². The molecule has 0 spiro atoms. The molecule has 4 nitrogen and oxygen atoms in total. The van der Waals surface area contributed by atoms with Crippen molar-refractivity contribution in [2.75, 3.05) is 0 Å². The topological polar surface area (TPSA) is 66.6 Å². The minimum absolute atomic E-state index is 0.0377. The van der Waals surface area contributed by atoms with Crippen molar-refractivity contribution in [1.29, 1.82) is 0 Å². The molecule has 1 aliphatic rings. The molecule has 1 aromatic carbocycles. The van der Waals surface area contributed by atoms with E-state index in [4.69, 9.17) is 5.73 Å². The number of nitrogens with zero attached hydrogens (tertiary/aromatic N) is 1. The second-order valence-electron chi connectivity index (χ2n) is 5.84. The summed E-state index contributed by atoms with van der Waals surface area (Å²) in [5.74, 6) is 0.322. The Morgan fingerprint density at radius 2 is 2.11 bits per heavy atom. The Kier molecular flexibility index (Phi) is 3.07. The van der Waals surface area contributed by atoms with Crippen LogP contribution in [0, 0.1) is 6.92 Å². The molecule has 1 heterocycles. The van der Waals surface area contributed by atoms with E-state index in [1.165, 1.54) is 0 Å². The number of carbonyl (C=O) groups excluding carboxylic acids is 1. The lowest BCUT2D eigenvalue weighted by Gasteiger charge is -2.22. The first kappa shape index (κ1) is 12.9. The number of fused-ring (bicyclic) bond motifs is 1. The predicted octanol–water partition coefficient (Wildman–Crippen LogP) is 1.67. The Balaban J connectivity index is 2.15. The Bertz CT molecular complexity index is 489. The molecule has 0 saturated carbocycles. The first-order valence-corrected chi connectivity index (χ1v) is 6.14. The number of aryl methyl sites for hydroxylation is 1. The van der Waals surface area contributed by atoms with Crippen molar-refractivity contribution in [2.24, 2.45) is 5.73 Å². The molecule has 4 heteroatoms. The Morgan fingerprint density at radius 1 is 1.44 bits per heavy atom. The van der Waals surface area contributed by atoms with Crippen LogP contribution < -0.4 is 5.73 Å². The maximum Gasteiger partial charge on any atom is 0.225 e. The molecule has 2 rings (SSSR count). The standard InChI is InChI=1S/C14H20N2O2/c1-9-4-10-7-16(8-11(10)12(17)5-9)13(18)6-14(2,3)15/h4-5,17H,6-8,15H2,1-3H3. The third kappa shape index (κ3) is 2.64. The number of phenols is 1. The first-order valence-electron chi connectivity index (χ1n) is 6.14. The number of nitrogens with two attached hydrogens (primary N) is 1. The Hall–Kier alpha value is -1.55. The molecule has 3 N–H and O–H groups in total. The van der Waals surface area contributed by atoms with Crippen LogP contribution in [0.2, 0.25) is 0 Å². The second kappa shape index (κ2) is 4.28. The largest absolute Gasteiger partial charge is 0.508 e. The van der Waals surface area contributed by atoms with E-state index in [1.807, 2.05) is 26.8 Å². The Labute approximate surface area is 107 Å². The van der Waals surface area contributed by atoms with Crippen LogP contribution in [0.5, 0.6) is 5.75 Å². The average molecular weight is 248 g/mol. The minimum Gasteiger partial charge on any atom is -0.508 e. The summed E-state index contributed by atoms with van der Waals surface area (Å²) in [6.45, 7) is 6.68. The fourth-order valence-electron chi connectivity index (χ4n) is 2.32. The Morgan fingerprint density at radius 3 is 2.72 bits per heavy atom. The van der Waals surface area contributed by atoms with Gasteiger partial charge in [0.15, 0.2) is 0 Å². The summed E-state index contributed by atoms with van der Waals surface area (Å²) < 4.78 is 0. The summed E-state index contributed by atoms with van der Waals surface area (Å²) in [4.78, 5) is 13.8. The molecule has 0 bridgehead atoms. The molecule has 0 aliphatic carbocycles. The number of hydrogen-bond donors (Lipinski definition) is 2. The minimum atomic E-state index is -0.496. The highest BCUT2D eigenvalue weighted by atomic mass is 16.3. The van der Waals surface area contributed by atoms with Crippen molar-refractivity contribution in [1.82, 2.24) is 4.90 Å². The summed E-state index contributed by atoms with van der Waals surface area (Å²) in [5, 5.41) is 9.88. The second-order valence-corrected chi connectivity index (χ2v) is 5.84. The SMILES string of the molecule is Cc1cc(O)c2c(c1)CN(C(=O)CC(C)(C)N)C2. The van der Waals surface area contributed by atoms with Crippen molar-refractivity contribution < 1.29 is 9.90 Å². The molecule has 0 unspecified atom stereocenters. The molecule has 98 valence electrons. The van der Waals surface area contributed by atoms with Gasteiger partial charge in [0.05, 0.1) is 0 Å². The van der Waals surface area contributed by atoms with Crippen LogP contribution >= 0.6 is 0 Å². The smallest absolute Gasteiger partial charge is 0.225 e. The summed E-state index contributed by atoms with van der Waals surface area (Å²) in [7, 11) is 0. The van der Waals surface area contributed by atoms with Gasteiger partial charge in [-0.2, -0.15) is 0 Å². The van der Waals surface area contributed by atoms with Gasteiger partial charge in [-0.25, -0.2) is 0 Å². The lowest BCUT2D eigenvalue weighted by Crippen LogP contribution is -2.39. The number of benzene rings is 1. The zero-order valence-electron chi connectivity index (χ0n) is 11.2. The first-order chi connectivity index (χ1) is 8.26. The van der Waals surface area contributed by atoms with Crippen LogP contribution in [0.1, 0.15) is 37.0 Å². The highest BCUT2D eigenvalue weighted by molar-refractivity contribution is 5.78. The molecule has 1 amide bonds. The summed E-state index contributed by atoms with van der Waals surface area (Å²) in [6.07, 6.45) is 0.320. The van der Waals surface area contributed by atoms with Crippen LogP contribution in [-0.4, -0.2) is 21.5 Å². The summed E-state index contributed by atoms with van der Waals surface area (Å²) >= 11 is 0. The van der Waals surface area contributed by atoms with Gasteiger partial charge >= 0.3 is 0 Å². The number of amides is 1. The predicted molar refractivity (Wildman–Crippen MR) is 70.0 cm³/mol. The monoisotopic (exact) mass is 248 g/mol. The van der Waals surface area contributed by atoms with E-state index in [0.29, 0.717) is 19.5 Å². The van der Waals surface area contributed by atoms with Crippen LogP contribution in [0.4, 0.5) is 0 Å². The van der Waals surface area contributed by atoms with Crippen LogP contribution in [0.15, 0.2) is 12.1 Å². The van der Waals surface area contributed by atoms with Gasteiger partial charge in [-0.1, -0.05) is 6.07 Å². The number of phenolic OH excluding ortho intramolecular Hbond substituents is 1. The molecule has 1 aromatic rings. The molecule has 0 saturated heterocycles. The van der Waals surface area contributed by atoms with Crippen molar-refractivity contribution in [2.45, 2.75) is 45.8 Å². The maximum absolute atomic E-state index is 12.1. The molecule has 18 heavy (non-hydrogen) atoms. The highest BCUT2D eigenvalue weighted by Gasteiger charge is 2.28. The number of aromatic hydroxyl groups is 1. The summed E-state index contributed by atoms with van der Waals surface area (Å²) in [6, 6.07) is 3.76. The summed E-state index contributed by atoms with van der Waals surface area (Å²) in [5.41, 5.74) is 8.29. The van der Waals surface area contributed by atoms with Gasteiger partial charge in [0.2, 0.25) is 5.91 Å². The number of hydrogen-bond acceptors (Lipinski definition) is 3. The van der Waals surface area contributed by atoms with E-state index in [1.54, 1.807) is 11.0 Å². The van der Waals surface area contributed by atoms with E-state index < -0.39 is 5.54 Å². The van der Waals surface area contributed by atoms with Crippen molar-refractivity contribution in [3.8, 4) is 5.75 Å². The zero-order chi connectivity index (χ0) is 13.5. The van der Waals surface area contributed by atoms with Crippen molar-refractivity contribution in [3.05, 3.63) is 28.8 Å². The molecule has 0 aromatic heterocycles. The van der Waals surface area contributed by atoms with Gasteiger partial charge in [0.25, 0.3) is 0 Å². The normalized spacial score (nSPS) is 14.8. The van der Waals surface area contributed by atoms with E-state index >= 15 is 0 Å². The van der Waals surface area contributed by atoms with Gasteiger partial charge < -0.3 is 15.7 Å². The van der Waals surface area contributed by atoms with E-state index in [9.17, 15) is 9.90 Å². The van der Waals surface area contributed by atoms with Crippen LogP contribution in [0.3, 0.4) is 0 Å². The molecule has 0 atom stereocenters. The van der Waals surface area contributed by atoms with Gasteiger partial charge in [0, 0.05) is 30.6 Å². The third-order valence-electron chi connectivity index (χ3n) is 3.13. The van der Waals surface area contributed by atoms with Gasteiger partial charge in [-0.3, -0.25) is 4.79 Å². The van der Waals surface area contributed by atoms with Gasteiger partial charge in [-0.15, -0.1) is 0 Å². The van der Waals surface area contributed by atoms with E-state index in [0.717, 1.165) is 16.7 Å². The van der Waals surface area contributed by atoms with E-state index in [-0.39, 0.29) is 11.7 Å². The van der Waals surface area contributed by atoms with E-state index in [2.05, 4.69) is 0 Å². The zero-order valence-corrected chi connectivity index (χ0v) is 11.2. The maximum atomic E-state index is 12.1. The van der Waals surface area contributed by atoms with Crippen LogP contribution in [0.25, 0.3) is 0 Å². The fourth-order valence-corrected chi connectivity index (χ4v) is 2.32. The average Bonchev–Trinajstić information content (AvgIpc) is 2.58. The molecule has 0 fully saturated rings. The highest BCUT2D eigenvalue weighted by Crippen LogP contribution is 2.32. The quantitative estimate of drug-likeness (QED) is 0.836. The lowest BCUT2D eigenvalue weighted by molar-refractivity contribution is -0.132. The fraction of sp³-hybridized carbons (Fsp3) is 0.500. The molecular formula is C14H20N2O2. The van der Waals surface area contributed by atoms with Crippen molar-refractivity contribution in [3.63, 3.8) is 0 Å². The van der Waals surface area contributed by atoms with Crippen LogP contribution in [-0.2, 0) is 17.9 Å².